The number of likely N-dealkylation sites (tertiary alicyclic amines) is 1. The minimum Gasteiger partial charge on any atom is -0.493 e. The fourth-order valence-electron chi connectivity index (χ4n) is 3.30. The third-order valence-electron chi connectivity index (χ3n) is 4.27. The number of amides is 1. The van der Waals surface area contributed by atoms with Crippen molar-refractivity contribution in [3.8, 4) is 5.75 Å². The number of hydrogen-bond acceptors (Lipinski definition) is 3. The Morgan fingerprint density at radius 2 is 2.25 bits per heavy atom. The van der Waals surface area contributed by atoms with E-state index in [1.165, 1.54) is 5.56 Å². The molecule has 108 valence electrons. The second-order valence-corrected chi connectivity index (χ2v) is 5.70. The maximum atomic E-state index is 12.2. The average Bonchev–Trinajstić information content (AvgIpc) is 2.90. The van der Waals surface area contributed by atoms with Gasteiger partial charge in [-0.15, -0.1) is 0 Å². The van der Waals surface area contributed by atoms with Crippen LogP contribution < -0.4 is 10.5 Å². The average molecular weight is 274 g/mol. The number of carbonyl (C=O) groups is 1. The van der Waals surface area contributed by atoms with E-state index in [1.807, 2.05) is 11.0 Å². The van der Waals surface area contributed by atoms with E-state index in [0.717, 1.165) is 43.7 Å². The number of nitrogens with zero attached hydrogens (tertiary/aromatic N) is 1. The van der Waals surface area contributed by atoms with Crippen LogP contribution in [0, 0.1) is 0 Å². The SMILES string of the molecule is CCCN1C(=O)CCC(N)C1c1ccc2c(c1)CCO2. The van der Waals surface area contributed by atoms with Crippen LogP contribution >= 0.6 is 0 Å². The molecule has 1 aromatic rings. The maximum absolute atomic E-state index is 12.2. The molecule has 2 unspecified atom stereocenters. The highest BCUT2D eigenvalue weighted by Gasteiger charge is 2.34. The summed E-state index contributed by atoms with van der Waals surface area (Å²) in [7, 11) is 0. The summed E-state index contributed by atoms with van der Waals surface area (Å²) in [4.78, 5) is 14.2. The Labute approximate surface area is 119 Å². The lowest BCUT2D eigenvalue weighted by Crippen LogP contribution is -2.49. The van der Waals surface area contributed by atoms with Crippen molar-refractivity contribution in [1.82, 2.24) is 4.90 Å². The Morgan fingerprint density at radius 1 is 1.40 bits per heavy atom. The van der Waals surface area contributed by atoms with Crippen LogP contribution in [-0.4, -0.2) is 30.0 Å². The van der Waals surface area contributed by atoms with Gasteiger partial charge in [0.05, 0.1) is 12.6 Å². The third-order valence-corrected chi connectivity index (χ3v) is 4.27. The quantitative estimate of drug-likeness (QED) is 0.917. The summed E-state index contributed by atoms with van der Waals surface area (Å²) in [6, 6.07) is 6.30. The van der Waals surface area contributed by atoms with Gasteiger partial charge in [0.15, 0.2) is 0 Å². The molecule has 1 fully saturated rings. The molecule has 1 amide bonds. The Morgan fingerprint density at radius 3 is 3.05 bits per heavy atom. The molecule has 2 atom stereocenters. The number of fused-ring (bicyclic) bond motifs is 1. The van der Waals surface area contributed by atoms with E-state index in [2.05, 4.69) is 19.1 Å². The molecular formula is C16H22N2O2. The molecule has 1 saturated heterocycles. The van der Waals surface area contributed by atoms with Gasteiger partial charge >= 0.3 is 0 Å². The Kier molecular flexibility index (Phi) is 3.66. The highest BCUT2D eigenvalue weighted by atomic mass is 16.5. The van der Waals surface area contributed by atoms with Gasteiger partial charge in [-0.2, -0.15) is 0 Å². The topological polar surface area (TPSA) is 55.6 Å². The normalized spacial score (nSPS) is 25.5. The van der Waals surface area contributed by atoms with Crippen LogP contribution in [-0.2, 0) is 11.2 Å². The number of ether oxygens (including phenoxy) is 1. The molecule has 2 aliphatic heterocycles. The van der Waals surface area contributed by atoms with E-state index < -0.39 is 0 Å². The molecule has 0 aliphatic carbocycles. The molecule has 1 aromatic carbocycles. The first-order chi connectivity index (χ1) is 9.70. The lowest BCUT2D eigenvalue weighted by Gasteiger charge is -2.40. The van der Waals surface area contributed by atoms with Gasteiger partial charge in [0.25, 0.3) is 0 Å². The molecule has 3 rings (SSSR count). The third kappa shape index (κ3) is 2.29. The Hall–Kier alpha value is -1.55. The van der Waals surface area contributed by atoms with Crippen molar-refractivity contribution in [3.05, 3.63) is 29.3 Å². The number of carbonyl (C=O) groups excluding carboxylic acids is 1. The van der Waals surface area contributed by atoms with Crippen LogP contribution in [0.4, 0.5) is 0 Å². The van der Waals surface area contributed by atoms with Gasteiger partial charge in [0.2, 0.25) is 5.91 Å². The van der Waals surface area contributed by atoms with Crippen LogP contribution in [0.3, 0.4) is 0 Å². The zero-order valence-corrected chi connectivity index (χ0v) is 12.0. The number of hydrogen-bond donors (Lipinski definition) is 1. The highest BCUT2D eigenvalue weighted by molar-refractivity contribution is 5.78. The second kappa shape index (κ2) is 5.44. The van der Waals surface area contributed by atoms with E-state index in [9.17, 15) is 4.79 Å². The lowest BCUT2D eigenvalue weighted by atomic mass is 9.89. The molecule has 0 radical (unpaired) electrons. The van der Waals surface area contributed by atoms with Crippen molar-refractivity contribution in [2.24, 2.45) is 5.73 Å². The molecule has 20 heavy (non-hydrogen) atoms. The van der Waals surface area contributed by atoms with Gasteiger partial charge in [-0.25, -0.2) is 0 Å². The van der Waals surface area contributed by atoms with Crippen LogP contribution in [0.2, 0.25) is 0 Å². The standard InChI is InChI=1S/C16H22N2O2/c1-2-8-18-15(19)6-4-13(17)16(18)12-3-5-14-11(10-12)7-9-20-14/h3,5,10,13,16H,2,4,6-9,17H2,1H3. The van der Waals surface area contributed by atoms with Crippen molar-refractivity contribution in [2.45, 2.75) is 44.7 Å². The summed E-state index contributed by atoms with van der Waals surface area (Å²) in [6.07, 6.45) is 3.26. The molecule has 2 heterocycles. The number of benzene rings is 1. The van der Waals surface area contributed by atoms with Crippen LogP contribution in [0.15, 0.2) is 18.2 Å². The number of rotatable bonds is 3. The van der Waals surface area contributed by atoms with E-state index in [1.54, 1.807) is 0 Å². The zero-order valence-electron chi connectivity index (χ0n) is 12.0. The maximum Gasteiger partial charge on any atom is 0.223 e. The minimum atomic E-state index is 0.0158. The van der Waals surface area contributed by atoms with Gasteiger partial charge in [-0.3, -0.25) is 4.79 Å². The van der Waals surface area contributed by atoms with Crippen LogP contribution in [0.5, 0.6) is 5.75 Å². The molecule has 0 bridgehead atoms. The summed E-state index contributed by atoms with van der Waals surface area (Å²) in [5.41, 5.74) is 8.71. The summed E-state index contributed by atoms with van der Waals surface area (Å²) in [5, 5.41) is 0. The molecule has 2 N–H and O–H groups in total. The minimum absolute atomic E-state index is 0.0158. The lowest BCUT2D eigenvalue weighted by molar-refractivity contribution is -0.137. The number of nitrogens with two attached hydrogens (primary N) is 1. The molecule has 2 aliphatic rings. The van der Waals surface area contributed by atoms with E-state index in [-0.39, 0.29) is 18.0 Å². The molecule has 4 heteroatoms. The highest BCUT2D eigenvalue weighted by Crippen LogP contribution is 2.35. The van der Waals surface area contributed by atoms with Gasteiger partial charge in [-0.1, -0.05) is 13.0 Å². The first kappa shape index (κ1) is 13.4. The van der Waals surface area contributed by atoms with E-state index in [4.69, 9.17) is 10.5 Å². The van der Waals surface area contributed by atoms with Crippen LogP contribution in [0.1, 0.15) is 43.4 Å². The molecule has 0 saturated carbocycles. The van der Waals surface area contributed by atoms with Crippen molar-refractivity contribution in [1.29, 1.82) is 0 Å². The summed E-state index contributed by atoms with van der Waals surface area (Å²) in [5.74, 6) is 1.21. The van der Waals surface area contributed by atoms with Crippen molar-refractivity contribution < 1.29 is 9.53 Å². The van der Waals surface area contributed by atoms with Gasteiger partial charge in [0, 0.05) is 25.4 Å². The summed E-state index contributed by atoms with van der Waals surface area (Å²) < 4.78 is 5.55. The second-order valence-electron chi connectivity index (χ2n) is 5.70. The molecular weight excluding hydrogens is 252 g/mol. The fourth-order valence-corrected chi connectivity index (χ4v) is 3.30. The largest absolute Gasteiger partial charge is 0.493 e. The first-order valence-corrected chi connectivity index (χ1v) is 7.51. The van der Waals surface area contributed by atoms with E-state index in [0.29, 0.717) is 6.42 Å². The summed E-state index contributed by atoms with van der Waals surface area (Å²) >= 11 is 0. The number of piperidine rings is 1. The Bertz CT molecular complexity index is 515. The van der Waals surface area contributed by atoms with Crippen LogP contribution in [0.25, 0.3) is 0 Å². The van der Waals surface area contributed by atoms with Gasteiger partial charge in [0.1, 0.15) is 5.75 Å². The van der Waals surface area contributed by atoms with Crippen molar-refractivity contribution in [2.75, 3.05) is 13.2 Å². The monoisotopic (exact) mass is 274 g/mol. The first-order valence-electron chi connectivity index (χ1n) is 7.51. The van der Waals surface area contributed by atoms with Crippen molar-refractivity contribution >= 4 is 5.91 Å². The molecule has 0 aromatic heterocycles. The zero-order chi connectivity index (χ0) is 14.1. The van der Waals surface area contributed by atoms with Crippen molar-refractivity contribution in [3.63, 3.8) is 0 Å². The predicted molar refractivity (Wildman–Crippen MR) is 77.6 cm³/mol. The fraction of sp³-hybridized carbons (Fsp3) is 0.562. The van der Waals surface area contributed by atoms with E-state index >= 15 is 0 Å². The summed E-state index contributed by atoms with van der Waals surface area (Å²) in [6.45, 7) is 3.64. The van der Waals surface area contributed by atoms with Gasteiger partial charge in [-0.05, 0) is 36.1 Å². The molecule has 0 spiro atoms. The Balaban J connectivity index is 1.93. The predicted octanol–water partition coefficient (Wildman–Crippen LogP) is 2.02. The van der Waals surface area contributed by atoms with Gasteiger partial charge < -0.3 is 15.4 Å². The smallest absolute Gasteiger partial charge is 0.223 e. The molecule has 4 nitrogen and oxygen atoms in total.